The SMILES string of the molecule is O=C(Nc1nnc(CCCCc2nnc(NC(=O)[C@@H]3CC3c3ccccc3)s2)s1)C1CC1c1ccccc1. The number of hydrogen-bond acceptors (Lipinski definition) is 8. The van der Waals surface area contributed by atoms with E-state index in [9.17, 15) is 9.59 Å². The van der Waals surface area contributed by atoms with Crippen molar-refractivity contribution in [3.63, 3.8) is 0 Å². The van der Waals surface area contributed by atoms with Gasteiger partial charge in [-0.2, -0.15) is 0 Å². The summed E-state index contributed by atoms with van der Waals surface area (Å²) in [5.41, 5.74) is 2.44. The highest BCUT2D eigenvalue weighted by Gasteiger charge is 2.44. The van der Waals surface area contributed by atoms with Crippen molar-refractivity contribution in [3.8, 4) is 0 Å². The lowest BCUT2D eigenvalue weighted by molar-refractivity contribution is -0.118. The van der Waals surface area contributed by atoms with Gasteiger partial charge in [0.15, 0.2) is 0 Å². The number of aryl methyl sites for hydroxylation is 2. The first-order chi connectivity index (χ1) is 18.6. The van der Waals surface area contributed by atoms with Gasteiger partial charge in [0.1, 0.15) is 10.0 Å². The number of carbonyl (C=O) groups is 2. The average molecular weight is 545 g/mol. The van der Waals surface area contributed by atoms with Gasteiger partial charge in [-0.25, -0.2) is 0 Å². The van der Waals surface area contributed by atoms with Gasteiger partial charge in [-0.05, 0) is 48.6 Å². The Hall–Kier alpha value is -3.50. The monoisotopic (exact) mass is 544 g/mol. The number of nitrogens with one attached hydrogen (secondary N) is 2. The smallest absolute Gasteiger partial charge is 0.229 e. The first kappa shape index (κ1) is 24.8. The third kappa shape index (κ3) is 5.97. The summed E-state index contributed by atoms with van der Waals surface area (Å²) in [7, 11) is 0. The van der Waals surface area contributed by atoms with Gasteiger partial charge in [0, 0.05) is 24.7 Å². The van der Waals surface area contributed by atoms with Crippen molar-refractivity contribution in [3.05, 3.63) is 81.8 Å². The van der Waals surface area contributed by atoms with Crippen LogP contribution in [0.1, 0.15) is 58.7 Å². The molecule has 10 heteroatoms. The number of aromatic nitrogens is 4. The van der Waals surface area contributed by atoms with Crippen molar-refractivity contribution < 1.29 is 9.59 Å². The topological polar surface area (TPSA) is 110 Å². The largest absolute Gasteiger partial charge is 0.300 e. The number of carbonyl (C=O) groups excluding carboxylic acids is 2. The van der Waals surface area contributed by atoms with Crippen molar-refractivity contribution in [2.75, 3.05) is 10.6 Å². The minimum atomic E-state index is 0.0147. The first-order valence-corrected chi connectivity index (χ1v) is 14.6. The van der Waals surface area contributed by atoms with Crippen LogP contribution in [0.25, 0.3) is 0 Å². The zero-order chi connectivity index (χ0) is 25.9. The van der Waals surface area contributed by atoms with Crippen molar-refractivity contribution in [1.82, 2.24) is 20.4 Å². The molecule has 2 aliphatic rings. The molecule has 2 amide bonds. The number of benzene rings is 2. The Bertz CT molecular complexity index is 1300. The van der Waals surface area contributed by atoms with Crippen LogP contribution in [-0.2, 0) is 22.4 Å². The predicted molar refractivity (Wildman–Crippen MR) is 148 cm³/mol. The Balaban J connectivity index is 0.897. The molecule has 0 aliphatic heterocycles. The van der Waals surface area contributed by atoms with Gasteiger partial charge in [-0.1, -0.05) is 83.3 Å². The Morgan fingerprint density at radius 3 is 1.50 bits per heavy atom. The number of hydrogen-bond donors (Lipinski definition) is 2. The lowest BCUT2D eigenvalue weighted by Crippen LogP contribution is -2.14. The van der Waals surface area contributed by atoms with E-state index in [0.717, 1.165) is 48.5 Å². The van der Waals surface area contributed by atoms with Crippen LogP contribution in [0.3, 0.4) is 0 Å². The van der Waals surface area contributed by atoms with Crippen molar-refractivity contribution >= 4 is 44.8 Å². The quantitative estimate of drug-likeness (QED) is 0.243. The number of rotatable bonds is 11. The third-order valence-electron chi connectivity index (χ3n) is 7.14. The fourth-order valence-electron chi connectivity index (χ4n) is 4.87. The second kappa shape index (κ2) is 11.1. The Morgan fingerprint density at radius 2 is 1.08 bits per heavy atom. The van der Waals surface area contributed by atoms with E-state index >= 15 is 0 Å². The summed E-state index contributed by atoms with van der Waals surface area (Å²) in [5.74, 6) is 0.688. The molecule has 2 aromatic carbocycles. The van der Waals surface area contributed by atoms with Crippen LogP contribution in [0.5, 0.6) is 0 Å². The van der Waals surface area contributed by atoms with Crippen molar-refractivity contribution in [2.45, 2.75) is 50.4 Å². The maximum absolute atomic E-state index is 12.6. The molecule has 2 heterocycles. The summed E-state index contributed by atoms with van der Waals surface area (Å²) in [6.45, 7) is 0. The molecule has 194 valence electrons. The van der Waals surface area contributed by atoms with Crippen LogP contribution in [-0.4, -0.2) is 32.2 Å². The molecular formula is C28H28N6O2S2. The van der Waals surface area contributed by atoms with Gasteiger partial charge < -0.3 is 10.6 Å². The zero-order valence-electron chi connectivity index (χ0n) is 20.7. The van der Waals surface area contributed by atoms with Gasteiger partial charge in [0.2, 0.25) is 22.1 Å². The molecule has 2 aliphatic carbocycles. The highest BCUT2D eigenvalue weighted by Crippen LogP contribution is 2.48. The molecule has 4 atom stereocenters. The van der Waals surface area contributed by atoms with E-state index in [4.69, 9.17) is 0 Å². The highest BCUT2D eigenvalue weighted by molar-refractivity contribution is 7.15. The number of anilines is 2. The van der Waals surface area contributed by atoms with Crippen molar-refractivity contribution in [1.29, 1.82) is 0 Å². The molecule has 0 spiro atoms. The lowest BCUT2D eigenvalue weighted by atomic mass is 10.1. The standard InChI is InChI=1S/C28H28N6O2S2/c35-25(21-15-19(21)17-9-3-1-4-10-17)29-27-33-31-23(37-27)13-7-8-14-24-32-34-28(38-24)30-26(36)22-16-20(22)18-11-5-2-6-12-18/h1-6,9-12,19-22H,7-8,13-16H2,(H,29,33,35)(H,30,34,36)/t19?,20?,21-,22?/m1/s1. The minimum Gasteiger partial charge on any atom is -0.300 e. The lowest BCUT2D eigenvalue weighted by Gasteiger charge is -2.01. The molecule has 4 aromatic rings. The molecule has 3 unspecified atom stereocenters. The average Bonchev–Trinajstić information content (AvgIpc) is 3.84. The molecule has 8 nitrogen and oxygen atoms in total. The van der Waals surface area contributed by atoms with Gasteiger partial charge in [-0.15, -0.1) is 20.4 Å². The number of amides is 2. The summed E-state index contributed by atoms with van der Waals surface area (Å²) in [6.07, 6.45) is 5.23. The van der Waals surface area contributed by atoms with Gasteiger partial charge in [0.25, 0.3) is 0 Å². The van der Waals surface area contributed by atoms with Crippen LogP contribution < -0.4 is 10.6 Å². The van der Waals surface area contributed by atoms with Crippen molar-refractivity contribution in [2.24, 2.45) is 11.8 Å². The molecule has 0 bridgehead atoms. The van der Waals surface area contributed by atoms with Crippen LogP contribution >= 0.6 is 22.7 Å². The second-order valence-corrected chi connectivity index (χ2v) is 12.0. The van der Waals surface area contributed by atoms with E-state index in [0.29, 0.717) is 22.1 Å². The second-order valence-electron chi connectivity index (χ2n) is 9.91. The molecule has 2 aromatic heterocycles. The highest BCUT2D eigenvalue weighted by atomic mass is 32.1. The molecule has 2 saturated carbocycles. The first-order valence-electron chi connectivity index (χ1n) is 13.0. The molecule has 0 saturated heterocycles. The molecule has 6 rings (SSSR count). The summed E-state index contributed by atoms with van der Waals surface area (Å²) >= 11 is 2.88. The number of nitrogens with zero attached hydrogens (tertiary/aromatic N) is 4. The maximum atomic E-state index is 12.6. The van der Waals surface area contributed by atoms with Crippen LogP contribution in [0.2, 0.25) is 0 Å². The van der Waals surface area contributed by atoms with Crippen LogP contribution in [0.4, 0.5) is 10.3 Å². The van der Waals surface area contributed by atoms with Crippen LogP contribution in [0.15, 0.2) is 60.7 Å². The Kier molecular flexibility index (Phi) is 7.24. The van der Waals surface area contributed by atoms with Gasteiger partial charge >= 0.3 is 0 Å². The van der Waals surface area contributed by atoms with E-state index < -0.39 is 0 Å². The van der Waals surface area contributed by atoms with Crippen LogP contribution in [0, 0.1) is 11.8 Å². The van der Waals surface area contributed by atoms with E-state index in [1.807, 2.05) is 36.4 Å². The number of unbranched alkanes of at least 4 members (excludes halogenated alkanes) is 1. The Labute approximate surface area is 228 Å². The van der Waals surface area contributed by atoms with E-state index in [-0.39, 0.29) is 23.7 Å². The Morgan fingerprint density at radius 1 is 0.658 bits per heavy atom. The van der Waals surface area contributed by atoms with E-state index in [1.165, 1.54) is 33.8 Å². The zero-order valence-corrected chi connectivity index (χ0v) is 22.4. The normalized spacial score (nSPS) is 21.6. The van der Waals surface area contributed by atoms with E-state index in [2.05, 4.69) is 55.3 Å². The predicted octanol–water partition coefficient (Wildman–Crippen LogP) is 5.44. The molecule has 38 heavy (non-hydrogen) atoms. The van der Waals surface area contributed by atoms with Gasteiger partial charge in [-0.3, -0.25) is 9.59 Å². The molecule has 2 N–H and O–H groups in total. The molecule has 2 fully saturated rings. The minimum absolute atomic E-state index is 0.0147. The maximum Gasteiger partial charge on any atom is 0.229 e. The fourth-order valence-corrected chi connectivity index (χ4v) is 6.43. The molecule has 0 radical (unpaired) electrons. The fraction of sp³-hybridized carbons (Fsp3) is 0.357. The third-order valence-corrected chi connectivity index (χ3v) is 8.93. The van der Waals surface area contributed by atoms with Gasteiger partial charge in [0.05, 0.1) is 0 Å². The summed E-state index contributed by atoms with van der Waals surface area (Å²) in [4.78, 5) is 25.1. The van der Waals surface area contributed by atoms with E-state index in [1.54, 1.807) is 0 Å². The summed E-state index contributed by atoms with van der Waals surface area (Å²) < 4.78 is 0. The molecular weight excluding hydrogens is 516 g/mol. The summed E-state index contributed by atoms with van der Waals surface area (Å²) in [6, 6.07) is 20.3. The summed E-state index contributed by atoms with van der Waals surface area (Å²) in [5, 5.41) is 25.6.